The first-order valence-electron chi connectivity index (χ1n) is 12.5. The molecule has 0 radical (unpaired) electrons. The predicted octanol–water partition coefficient (Wildman–Crippen LogP) is 1.07. The Morgan fingerprint density at radius 2 is 0.865 bits per heavy atom. The molecule has 1 amide bonds. The molecular weight excluding hydrogens is 494 g/mol. The molecule has 0 aromatic carbocycles. The van der Waals surface area contributed by atoms with Crippen molar-refractivity contribution >= 4 is 12.1 Å². The van der Waals surface area contributed by atoms with Crippen molar-refractivity contribution in [1.82, 2.24) is 4.90 Å². The maximum Gasteiger partial charge on any atom is 0.410 e. The molecular formula is C24H47NO12. The molecule has 0 aliphatic rings. The molecule has 13 nitrogen and oxygen atoms in total. The van der Waals surface area contributed by atoms with E-state index >= 15 is 0 Å². The van der Waals surface area contributed by atoms with Gasteiger partial charge in [0.25, 0.3) is 0 Å². The van der Waals surface area contributed by atoms with E-state index in [0.717, 1.165) is 0 Å². The van der Waals surface area contributed by atoms with Crippen LogP contribution in [0.1, 0.15) is 20.8 Å². The normalized spacial score (nSPS) is 11.6. The smallest absolute Gasteiger partial charge is 0.410 e. The minimum absolute atomic E-state index is 0.239. The van der Waals surface area contributed by atoms with E-state index in [1.807, 2.05) is 20.8 Å². The van der Waals surface area contributed by atoms with Crippen molar-refractivity contribution in [3.63, 3.8) is 0 Å². The second kappa shape index (κ2) is 24.7. The summed E-state index contributed by atoms with van der Waals surface area (Å²) in [5, 5.41) is 8.40. The first-order valence-corrected chi connectivity index (χ1v) is 12.5. The second-order valence-corrected chi connectivity index (χ2v) is 8.63. The molecule has 0 rings (SSSR count). The highest BCUT2D eigenvalue weighted by molar-refractivity contribution is 5.68. The summed E-state index contributed by atoms with van der Waals surface area (Å²) >= 11 is 0. The van der Waals surface area contributed by atoms with E-state index in [4.69, 9.17) is 47.7 Å². The molecule has 0 aromatic heterocycles. The zero-order chi connectivity index (χ0) is 27.6. The summed E-state index contributed by atoms with van der Waals surface area (Å²) < 4.78 is 47.8. The Kier molecular flexibility index (Phi) is 23.7. The van der Waals surface area contributed by atoms with Crippen LogP contribution in [-0.2, 0) is 47.4 Å². The Balaban J connectivity index is 3.18. The summed E-state index contributed by atoms with van der Waals surface area (Å²) in [6, 6.07) is 0. The van der Waals surface area contributed by atoms with Gasteiger partial charge in [0, 0.05) is 13.6 Å². The lowest BCUT2D eigenvalue weighted by Gasteiger charge is -2.24. The van der Waals surface area contributed by atoms with Crippen LogP contribution in [0, 0.1) is 0 Å². The Labute approximate surface area is 220 Å². The number of hydrogen-bond acceptors (Lipinski definition) is 11. The second-order valence-electron chi connectivity index (χ2n) is 8.63. The van der Waals surface area contributed by atoms with Gasteiger partial charge < -0.3 is 52.6 Å². The molecule has 0 saturated heterocycles. The van der Waals surface area contributed by atoms with Gasteiger partial charge in [-0.3, -0.25) is 0 Å². The number of ether oxygens (including phenoxy) is 9. The van der Waals surface area contributed by atoms with E-state index < -0.39 is 11.6 Å². The van der Waals surface area contributed by atoms with Gasteiger partial charge >= 0.3 is 12.1 Å². The minimum atomic E-state index is -0.998. The van der Waals surface area contributed by atoms with E-state index in [9.17, 15) is 9.59 Å². The quantitative estimate of drug-likeness (QED) is 0.157. The monoisotopic (exact) mass is 541 g/mol. The van der Waals surface area contributed by atoms with Crippen LogP contribution >= 0.6 is 0 Å². The molecule has 0 saturated carbocycles. The molecule has 1 N–H and O–H groups in total. The number of likely N-dealkylation sites (N-methyl/N-ethyl adjacent to an activating group) is 1. The first-order chi connectivity index (χ1) is 17.7. The zero-order valence-corrected chi connectivity index (χ0v) is 22.9. The van der Waals surface area contributed by atoms with Crippen LogP contribution in [0.5, 0.6) is 0 Å². The first kappa shape index (κ1) is 35.4. The fourth-order valence-corrected chi connectivity index (χ4v) is 2.33. The molecule has 37 heavy (non-hydrogen) atoms. The molecule has 0 aromatic rings. The number of carbonyl (C=O) groups is 2. The van der Waals surface area contributed by atoms with Gasteiger partial charge in [0.15, 0.2) is 0 Å². The highest BCUT2D eigenvalue weighted by Crippen LogP contribution is 2.08. The molecule has 13 heteroatoms. The highest BCUT2D eigenvalue weighted by atomic mass is 16.6. The molecule has 0 atom stereocenters. The molecule has 0 aliphatic heterocycles. The van der Waals surface area contributed by atoms with E-state index in [1.54, 1.807) is 7.05 Å². The van der Waals surface area contributed by atoms with Crippen molar-refractivity contribution < 1.29 is 57.3 Å². The maximum absolute atomic E-state index is 11.8. The van der Waals surface area contributed by atoms with Gasteiger partial charge in [-0.05, 0) is 20.8 Å². The summed E-state index contributed by atoms with van der Waals surface area (Å²) in [5.41, 5.74) is -0.512. The lowest BCUT2D eigenvalue weighted by Crippen LogP contribution is -2.36. The third kappa shape index (κ3) is 28.8. The summed E-state index contributed by atoms with van der Waals surface area (Å²) in [5.74, 6) is -0.998. The minimum Gasteiger partial charge on any atom is -0.480 e. The summed E-state index contributed by atoms with van der Waals surface area (Å²) in [6.45, 7) is 12.1. The van der Waals surface area contributed by atoms with E-state index in [-0.39, 0.29) is 19.3 Å². The highest BCUT2D eigenvalue weighted by Gasteiger charge is 2.19. The van der Waals surface area contributed by atoms with E-state index in [0.29, 0.717) is 99.0 Å². The van der Waals surface area contributed by atoms with Crippen LogP contribution in [0.15, 0.2) is 0 Å². The van der Waals surface area contributed by atoms with Crippen molar-refractivity contribution in [2.75, 3.05) is 119 Å². The van der Waals surface area contributed by atoms with Gasteiger partial charge in [-0.15, -0.1) is 0 Å². The topological polar surface area (TPSA) is 141 Å². The van der Waals surface area contributed by atoms with Gasteiger partial charge in [-0.25, -0.2) is 9.59 Å². The van der Waals surface area contributed by atoms with Crippen molar-refractivity contribution in [3.8, 4) is 0 Å². The maximum atomic E-state index is 11.8. The van der Waals surface area contributed by atoms with Crippen molar-refractivity contribution in [2.45, 2.75) is 26.4 Å². The number of rotatable bonds is 26. The van der Waals surface area contributed by atoms with Gasteiger partial charge in [-0.1, -0.05) is 0 Å². The number of carbonyl (C=O) groups excluding carboxylic acids is 1. The Hall–Kier alpha value is -1.58. The van der Waals surface area contributed by atoms with E-state index in [2.05, 4.69) is 0 Å². The lowest BCUT2D eigenvalue weighted by atomic mass is 10.2. The Morgan fingerprint density at radius 1 is 0.568 bits per heavy atom. The van der Waals surface area contributed by atoms with Crippen molar-refractivity contribution in [1.29, 1.82) is 0 Å². The van der Waals surface area contributed by atoms with Crippen LogP contribution in [0.3, 0.4) is 0 Å². The van der Waals surface area contributed by atoms with Crippen LogP contribution in [0.25, 0.3) is 0 Å². The molecule has 0 fully saturated rings. The summed E-state index contributed by atoms with van der Waals surface area (Å²) in [7, 11) is 1.67. The SMILES string of the molecule is CN(CCOCCOCCOCCOCCOCCOCCOCCOCC(=O)O)C(=O)OC(C)(C)C. The third-order valence-electron chi connectivity index (χ3n) is 4.11. The van der Waals surface area contributed by atoms with Crippen LogP contribution in [-0.4, -0.2) is 147 Å². The lowest BCUT2D eigenvalue weighted by molar-refractivity contribution is -0.142. The Bertz CT molecular complexity index is 544. The summed E-state index contributed by atoms with van der Waals surface area (Å²) in [4.78, 5) is 23.5. The van der Waals surface area contributed by atoms with Crippen LogP contribution < -0.4 is 0 Å². The number of hydrogen-bond donors (Lipinski definition) is 1. The zero-order valence-electron chi connectivity index (χ0n) is 22.9. The Morgan fingerprint density at radius 3 is 1.16 bits per heavy atom. The van der Waals surface area contributed by atoms with Gasteiger partial charge in [0.2, 0.25) is 0 Å². The van der Waals surface area contributed by atoms with Crippen LogP contribution in [0.2, 0.25) is 0 Å². The molecule has 0 bridgehead atoms. The third-order valence-corrected chi connectivity index (χ3v) is 4.11. The largest absolute Gasteiger partial charge is 0.480 e. The van der Waals surface area contributed by atoms with Gasteiger partial charge in [0.1, 0.15) is 12.2 Å². The molecule has 0 spiro atoms. The predicted molar refractivity (Wildman–Crippen MR) is 133 cm³/mol. The number of carboxylic acids is 1. The van der Waals surface area contributed by atoms with Gasteiger partial charge in [-0.2, -0.15) is 0 Å². The van der Waals surface area contributed by atoms with E-state index in [1.165, 1.54) is 4.90 Å². The fourth-order valence-electron chi connectivity index (χ4n) is 2.33. The summed E-state index contributed by atoms with van der Waals surface area (Å²) in [6.07, 6.45) is -0.370. The number of nitrogens with zero attached hydrogens (tertiary/aromatic N) is 1. The van der Waals surface area contributed by atoms with Crippen LogP contribution in [0.4, 0.5) is 4.79 Å². The molecule has 0 unspecified atom stereocenters. The van der Waals surface area contributed by atoms with Crippen molar-refractivity contribution in [3.05, 3.63) is 0 Å². The fraction of sp³-hybridized carbons (Fsp3) is 0.917. The average Bonchev–Trinajstić information content (AvgIpc) is 2.82. The number of amides is 1. The average molecular weight is 542 g/mol. The number of aliphatic carboxylic acids is 1. The molecule has 0 aliphatic carbocycles. The standard InChI is InChI=1S/C24H47NO12/c1-24(2,3)37-23(28)25(4)5-6-29-7-8-30-9-10-31-11-12-32-13-14-33-15-16-34-17-18-35-19-20-36-21-22(26)27/h5-21H2,1-4H3,(H,26,27). The van der Waals surface area contributed by atoms with Gasteiger partial charge in [0.05, 0.1) is 99.1 Å². The van der Waals surface area contributed by atoms with Crippen molar-refractivity contribution in [2.24, 2.45) is 0 Å². The number of carboxylic acid groups (broad SMARTS) is 1. The molecule has 220 valence electrons. The molecule has 0 heterocycles.